The van der Waals surface area contributed by atoms with Crippen LogP contribution in [0.25, 0.3) is 0 Å². The molecule has 1 aromatic rings. The van der Waals surface area contributed by atoms with Crippen LogP contribution in [0.3, 0.4) is 0 Å². The minimum atomic E-state index is -3.37. The first-order valence-corrected chi connectivity index (χ1v) is 7.86. The molecule has 1 heterocycles. The Balaban J connectivity index is 1.83. The summed E-state index contributed by atoms with van der Waals surface area (Å²) < 4.78 is 32.6. The van der Waals surface area contributed by atoms with Crippen molar-refractivity contribution in [2.45, 2.75) is 13.0 Å². The second kappa shape index (κ2) is 6.23. The molecule has 0 bridgehead atoms. The van der Waals surface area contributed by atoms with Crippen LogP contribution in [0.5, 0.6) is 11.5 Å². The molecule has 1 aromatic carbocycles. The van der Waals surface area contributed by atoms with Gasteiger partial charge in [0.25, 0.3) is 0 Å². The number of hydrogen-bond acceptors (Lipinski definition) is 5. The monoisotopic (exact) mass is 286 g/mol. The molecular formula is C12H18N2O4S. The predicted octanol–water partition coefficient (Wildman–Crippen LogP) is 0.226. The van der Waals surface area contributed by atoms with Gasteiger partial charge in [-0.2, -0.15) is 0 Å². The van der Waals surface area contributed by atoms with Crippen molar-refractivity contribution in [2.75, 3.05) is 25.5 Å². The number of fused-ring (bicyclic) bond motifs is 1. The van der Waals surface area contributed by atoms with Crippen LogP contribution >= 0.6 is 0 Å². The van der Waals surface area contributed by atoms with Crippen molar-refractivity contribution < 1.29 is 17.9 Å². The van der Waals surface area contributed by atoms with Crippen molar-refractivity contribution in [3.8, 4) is 11.5 Å². The van der Waals surface area contributed by atoms with Crippen LogP contribution in [0.4, 0.5) is 0 Å². The molecular weight excluding hydrogens is 268 g/mol. The Labute approximate surface area is 112 Å². The van der Waals surface area contributed by atoms with E-state index in [0.29, 0.717) is 32.7 Å². The lowest BCUT2D eigenvalue weighted by molar-refractivity contribution is 0.169. The third kappa shape index (κ3) is 4.38. The lowest BCUT2D eigenvalue weighted by Crippen LogP contribution is -2.23. The molecule has 1 aliphatic heterocycles. The molecule has 7 heteroatoms. The first kappa shape index (κ1) is 14.1. The summed E-state index contributed by atoms with van der Waals surface area (Å²) in [4.78, 5) is 0. The van der Waals surface area contributed by atoms with E-state index in [1.807, 2.05) is 18.2 Å². The number of para-hydroxylation sites is 1. The Hall–Kier alpha value is -1.31. The first-order chi connectivity index (χ1) is 9.06. The SMILES string of the molecule is NS(=O)(=O)CCCNCc1cccc2c1OCCO2. The lowest BCUT2D eigenvalue weighted by Gasteiger charge is -2.21. The summed E-state index contributed by atoms with van der Waals surface area (Å²) in [7, 11) is -3.37. The number of primary sulfonamides is 1. The van der Waals surface area contributed by atoms with E-state index in [-0.39, 0.29) is 5.75 Å². The van der Waals surface area contributed by atoms with Gasteiger partial charge in [-0.15, -0.1) is 0 Å². The quantitative estimate of drug-likeness (QED) is 0.730. The third-order valence-corrected chi connectivity index (χ3v) is 3.60. The summed E-state index contributed by atoms with van der Waals surface area (Å²) in [6.07, 6.45) is 0.491. The maximum atomic E-state index is 10.8. The Bertz CT molecular complexity index is 531. The van der Waals surface area contributed by atoms with Crippen molar-refractivity contribution in [2.24, 2.45) is 5.14 Å². The molecule has 0 saturated heterocycles. The highest BCUT2D eigenvalue weighted by Gasteiger charge is 2.14. The van der Waals surface area contributed by atoms with E-state index in [9.17, 15) is 8.42 Å². The van der Waals surface area contributed by atoms with Gasteiger partial charge in [-0.1, -0.05) is 12.1 Å². The zero-order valence-corrected chi connectivity index (χ0v) is 11.4. The molecule has 0 saturated carbocycles. The molecule has 0 aromatic heterocycles. The molecule has 6 nitrogen and oxygen atoms in total. The Morgan fingerprint density at radius 2 is 2.05 bits per heavy atom. The highest BCUT2D eigenvalue weighted by molar-refractivity contribution is 7.89. The number of nitrogens with one attached hydrogen (secondary N) is 1. The molecule has 2 rings (SSSR count). The Morgan fingerprint density at radius 3 is 2.84 bits per heavy atom. The number of benzene rings is 1. The van der Waals surface area contributed by atoms with Gasteiger partial charge in [-0.3, -0.25) is 0 Å². The average molecular weight is 286 g/mol. The van der Waals surface area contributed by atoms with Crippen molar-refractivity contribution >= 4 is 10.0 Å². The normalized spacial score (nSPS) is 14.4. The van der Waals surface area contributed by atoms with E-state index in [0.717, 1.165) is 17.1 Å². The molecule has 1 aliphatic rings. The van der Waals surface area contributed by atoms with Gasteiger partial charge >= 0.3 is 0 Å². The predicted molar refractivity (Wildman–Crippen MR) is 71.7 cm³/mol. The van der Waals surface area contributed by atoms with Crippen LogP contribution in [-0.4, -0.2) is 33.9 Å². The van der Waals surface area contributed by atoms with Crippen molar-refractivity contribution in [3.05, 3.63) is 23.8 Å². The summed E-state index contributed by atoms with van der Waals surface area (Å²) in [5.41, 5.74) is 1.01. The zero-order valence-electron chi connectivity index (χ0n) is 10.6. The van der Waals surface area contributed by atoms with Gasteiger partial charge < -0.3 is 14.8 Å². The van der Waals surface area contributed by atoms with Gasteiger partial charge in [-0.25, -0.2) is 13.6 Å². The molecule has 19 heavy (non-hydrogen) atoms. The van der Waals surface area contributed by atoms with Crippen molar-refractivity contribution in [3.63, 3.8) is 0 Å². The summed E-state index contributed by atoms with van der Waals surface area (Å²) in [6.45, 7) is 2.31. The van der Waals surface area contributed by atoms with E-state index in [2.05, 4.69) is 5.32 Å². The fraction of sp³-hybridized carbons (Fsp3) is 0.500. The van der Waals surface area contributed by atoms with Crippen LogP contribution in [-0.2, 0) is 16.6 Å². The standard InChI is InChI=1S/C12H18N2O4S/c13-19(15,16)8-2-5-14-9-10-3-1-4-11-12(10)18-7-6-17-11/h1,3-4,14H,2,5-9H2,(H2,13,15,16). The van der Waals surface area contributed by atoms with Crippen LogP contribution in [0.2, 0.25) is 0 Å². The van der Waals surface area contributed by atoms with E-state index >= 15 is 0 Å². The van der Waals surface area contributed by atoms with Gasteiger partial charge in [0, 0.05) is 12.1 Å². The lowest BCUT2D eigenvalue weighted by atomic mass is 10.1. The van der Waals surface area contributed by atoms with E-state index in [4.69, 9.17) is 14.6 Å². The number of sulfonamides is 1. The molecule has 106 valence electrons. The van der Waals surface area contributed by atoms with Gasteiger partial charge in [0.2, 0.25) is 10.0 Å². The Kier molecular flexibility index (Phi) is 4.62. The summed E-state index contributed by atoms with van der Waals surface area (Å²) in [5, 5.41) is 8.10. The number of ether oxygens (including phenoxy) is 2. The summed E-state index contributed by atoms with van der Waals surface area (Å²) >= 11 is 0. The largest absolute Gasteiger partial charge is 0.486 e. The summed E-state index contributed by atoms with van der Waals surface area (Å²) in [5.74, 6) is 1.52. The maximum Gasteiger partial charge on any atom is 0.209 e. The van der Waals surface area contributed by atoms with Crippen LogP contribution in [0, 0.1) is 0 Å². The minimum Gasteiger partial charge on any atom is -0.486 e. The fourth-order valence-electron chi connectivity index (χ4n) is 1.89. The number of hydrogen-bond donors (Lipinski definition) is 2. The fourth-order valence-corrected chi connectivity index (χ4v) is 2.44. The molecule has 0 unspecified atom stereocenters. The zero-order chi connectivity index (χ0) is 13.7. The second-order valence-electron chi connectivity index (χ2n) is 4.34. The van der Waals surface area contributed by atoms with Crippen molar-refractivity contribution in [1.29, 1.82) is 0 Å². The van der Waals surface area contributed by atoms with Gasteiger partial charge in [0.1, 0.15) is 13.2 Å². The topological polar surface area (TPSA) is 90.7 Å². The molecule has 0 spiro atoms. The minimum absolute atomic E-state index is 0.00743. The van der Waals surface area contributed by atoms with Crippen LogP contribution < -0.4 is 19.9 Å². The van der Waals surface area contributed by atoms with Gasteiger partial charge in [-0.05, 0) is 19.0 Å². The molecule has 0 fully saturated rings. The number of nitrogens with two attached hydrogens (primary N) is 1. The molecule has 3 N–H and O–H groups in total. The average Bonchev–Trinajstić information content (AvgIpc) is 2.37. The highest BCUT2D eigenvalue weighted by atomic mass is 32.2. The third-order valence-electron chi connectivity index (χ3n) is 2.75. The highest BCUT2D eigenvalue weighted by Crippen LogP contribution is 2.33. The van der Waals surface area contributed by atoms with Crippen LogP contribution in [0.15, 0.2) is 18.2 Å². The van der Waals surface area contributed by atoms with E-state index in [1.54, 1.807) is 0 Å². The molecule has 0 aliphatic carbocycles. The molecule has 0 radical (unpaired) electrons. The first-order valence-electron chi connectivity index (χ1n) is 6.15. The van der Waals surface area contributed by atoms with E-state index in [1.165, 1.54) is 0 Å². The van der Waals surface area contributed by atoms with Gasteiger partial charge in [0.05, 0.1) is 5.75 Å². The maximum absolute atomic E-state index is 10.8. The second-order valence-corrected chi connectivity index (χ2v) is 6.07. The van der Waals surface area contributed by atoms with E-state index < -0.39 is 10.0 Å². The van der Waals surface area contributed by atoms with Crippen molar-refractivity contribution in [1.82, 2.24) is 5.32 Å². The van der Waals surface area contributed by atoms with Crippen LogP contribution in [0.1, 0.15) is 12.0 Å². The molecule has 0 atom stereocenters. The number of rotatable bonds is 6. The summed E-state index contributed by atoms with van der Waals surface area (Å²) in [6, 6.07) is 5.74. The Morgan fingerprint density at radius 1 is 1.26 bits per heavy atom. The molecule has 0 amide bonds. The smallest absolute Gasteiger partial charge is 0.209 e. The van der Waals surface area contributed by atoms with Gasteiger partial charge in [0.15, 0.2) is 11.5 Å².